The highest BCUT2D eigenvalue weighted by Gasteiger charge is 2.39. The van der Waals surface area contributed by atoms with Gasteiger partial charge in [-0.05, 0) is 37.9 Å². The zero-order valence-corrected chi connectivity index (χ0v) is 17.1. The summed E-state index contributed by atoms with van der Waals surface area (Å²) < 4.78 is 2.15. The Labute approximate surface area is 171 Å². The molecule has 0 bridgehead atoms. The molecule has 0 radical (unpaired) electrons. The Kier molecular flexibility index (Phi) is 5.50. The Hall–Kier alpha value is -2.54. The summed E-state index contributed by atoms with van der Waals surface area (Å²) in [6.07, 6.45) is 7.86. The number of carbonyl (C=O) groups excluding carboxylic acids is 3. The first-order valence-electron chi connectivity index (χ1n) is 10.5. The molecular formula is C22H29N4O3+. The van der Waals surface area contributed by atoms with E-state index in [0.717, 1.165) is 11.3 Å². The summed E-state index contributed by atoms with van der Waals surface area (Å²) in [6.45, 7) is 0.407. The number of hydrogen-bond donors (Lipinski definition) is 2. The molecule has 1 saturated carbocycles. The summed E-state index contributed by atoms with van der Waals surface area (Å²) in [4.78, 5) is 38.0. The van der Waals surface area contributed by atoms with Crippen LogP contribution in [0.15, 0.2) is 18.2 Å². The first-order valence-corrected chi connectivity index (χ1v) is 10.5. The van der Waals surface area contributed by atoms with Gasteiger partial charge in [0.05, 0.1) is 5.92 Å². The summed E-state index contributed by atoms with van der Waals surface area (Å²) in [5.74, 6) is -0.273. The Morgan fingerprint density at radius 2 is 1.97 bits per heavy atom. The molecule has 2 fully saturated rings. The van der Waals surface area contributed by atoms with Crippen LogP contribution < -0.4 is 10.6 Å². The maximum absolute atomic E-state index is 12.8. The second-order valence-corrected chi connectivity index (χ2v) is 8.34. The van der Waals surface area contributed by atoms with E-state index in [1.165, 1.54) is 25.7 Å². The average Bonchev–Trinajstić information content (AvgIpc) is 3.04. The van der Waals surface area contributed by atoms with E-state index < -0.39 is 6.04 Å². The second kappa shape index (κ2) is 8.06. The number of nitrogens with zero attached hydrogens (tertiary/aromatic N) is 2. The Morgan fingerprint density at radius 3 is 2.72 bits per heavy atom. The van der Waals surface area contributed by atoms with Crippen molar-refractivity contribution in [1.29, 1.82) is 0 Å². The van der Waals surface area contributed by atoms with Crippen LogP contribution >= 0.6 is 0 Å². The lowest BCUT2D eigenvalue weighted by atomic mass is 9.85. The van der Waals surface area contributed by atoms with Crippen molar-refractivity contribution in [1.82, 2.24) is 15.5 Å². The van der Waals surface area contributed by atoms with Crippen LogP contribution in [0.3, 0.4) is 0 Å². The van der Waals surface area contributed by atoms with E-state index in [2.05, 4.69) is 28.5 Å². The molecule has 7 nitrogen and oxygen atoms in total. The van der Waals surface area contributed by atoms with Gasteiger partial charge >= 0.3 is 0 Å². The van der Waals surface area contributed by atoms with Gasteiger partial charge in [0.1, 0.15) is 19.3 Å². The minimum atomic E-state index is -0.570. The summed E-state index contributed by atoms with van der Waals surface area (Å²) >= 11 is 0. The van der Waals surface area contributed by atoms with Crippen LogP contribution in [0.4, 0.5) is 5.69 Å². The topological polar surface area (TPSA) is 81.5 Å². The standard InChI is InChI=1S/C22H28N4O3/c1-23-18-6-4-3-5-14(18)12-25(2)16-7-8-17-15(11-16)13-26(22(17)29)19-9-10-20(27)24-21(19)28/h7-8,11-12,14,18-19,23H,3-6,9-10,13H2,1-2H3/p+1/b25-12+/t14?,18-,19?/m0/s1. The van der Waals surface area contributed by atoms with E-state index in [9.17, 15) is 14.4 Å². The summed E-state index contributed by atoms with van der Waals surface area (Å²) in [5, 5.41) is 5.78. The number of hydrogen-bond acceptors (Lipinski definition) is 4. The molecule has 3 aliphatic rings. The van der Waals surface area contributed by atoms with Gasteiger partial charge in [0.15, 0.2) is 0 Å². The van der Waals surface area contributed by atoms with E-state index in [0.29, 0.717) is 30.5 Å². The zero-order chi connectivity index (χ0) is 20.5. The lowest BCUT2D eigenvalue weighted by Crippen LogP contribution is -2.52. The number of nitrogens with one attached hydrogen (secondary N) is 2. The van der Waals surface area contributed by atoms with Gasteiger partial charge in [-0.25, -0.2) is 4.58 Å². The SMILES string of the molecule is CN[C@H]1CCCCC1/C=[N+](\C)c1ccc2c(c1)CN(C1CCC(=O)NC1=O)C2=O. The number of rotatable bonds is 4. The quantitative estimate of drug-likeness (QED) is 0.459. The van der Waals surface area contributed by atoms with E-state index in [1.807, 2.05) is 25.2 Å². The average molecular weight is 397 g/mol. The molecule has 1 aromatic carbocycles. The van der Waals surface area contributed by atoms with Crippen molar-refractivity contribution >= 4 is 29.6 Å². The number of fused-ring (bicyclic) bond motifs is 1. The number of imide groups is 1. The molecule has 1 aliphatic carbocycles. The molecule has 29 heavy (non-hydrogen) atoms. The fourth-order valence-corrected chi connectivity index (χ4v) is 4.85. The maximum atomic E-state index is 12.8. The molecule has 154 valence electrons. The maximum Gasteiger partial charge on any atom is 0.255 e. The largest absolute Gasteiger partial charge is 0.322 e. The predicted octanol–water partition coefficient (Wildman–Crippen LogP) is 1.57. The van der Waals surface area contributed by atoms with Gasteiger partial charge in [0.25, 0.3) is 5.91 Å². The molecule has 7 heteroatoms. The van der Waals surface area contributed by atoms with Crippen LogP contribution in [0.25, 0.3) is 0 Å². The third-order valence-corrected chi connectivity index (χ3v) is 6.52. The van der Waals surface area contributed by atoms with Gasteiger partial charge in [0, 0.05) is 36.7 Å². The van der Waals surface area contributed by atoms with Crippen LogP contribution in [0, 0.1) is 5.92 Å². The van der Waals surface area contributed by atoms with Gasteiger partial charge in [0.2, 0.25) is 17.5 Å². The van der Waals surface area contributed by atoms with E-state index in [-0.39, 0.29) is 24.1 Å². The van der Waals surface area contributed by atoms with Crippen molar-refractivity contribution in [3.63, 3.8) is 0 Å². The van der Waals surface area contributed by atoms with Crippen LogP contribution in [-0.4, -0.2) is 59.6 Å². The molecule has 2 heterocycles. The minimum Gasteiger partial charge on any atom is -0.322 e. The molecule has 1 saturated heterocycles. The molecule has 2 unspecified atom stereocenters. The summed E-state index contributed by atoms with van der Waals surface area (Å²) in [6, 6.07) is 5.81. The van der Waals surface area contributed by atoms with Gasteiger partial charge in [-0.3, -0.25) is 19.7 Å². The fraction of sp³-hybridized carbons (Fsp3) is 0.545. The van der Waals surface area contributed by atoms with Crippen LogP contribution in [0.5, 0.6) is 0 Å². The molecular weight excluding hydrogens is 368 g/mol. The Bertz CT molecular complexity index is 879. The molecule has 4 rings (SSSR count). The van der Waals surface area contributed by atoms with Gasteiger partial charge < -0.3 is 10.2 Å². The normalized spacial score (nSPS) is 27.8. The Balaban J connectivity index is 1.53. The molecule has 3 atom stereocenters. The highest BCUT2D eigenvalue weighted by molar-refractivity contribution is 6.05. The van der Waals surface area contributed by atoms with Crippen molar-refractivity contribution in [3.8, 4) is 0 Å². The Morgan fingerprint density at radius 1 is 1.17 bits per heavy atom. The monoisotopic (exact) mass is 397 g/mol. The lowest BCUT2D eigenvalue weighted by molar-refractivity contribution is -0.402. The van der Waals surface area contributed by atoms with Gasteiger partial charge in [-0.1, -0.05) is 12.8 Å². The molecule has 2 aliphatic heterocycles. The number of carbonyl (C=O) groups is 3. The van der Waals surface area contributed by atoms with Crippen molar-refractivity contribution in [2.45, 2.75) is 57.2 Å². The molecule has 1 aromatic rings. The zero-order valence-electron chi connectivity index (χ0n) is 17.1. The van der Waals surface area contributed by atoms with Crippen molar-refractivity contribution in [2.75, 3.05) is 14.1 Å². The molecule has 3 amide bonds. The second-order valence-electron chi connectivity index (χ2n) is 8.34. The van der Waals surface area contributed by atoms with Crippen LogP contribution in [0.1, 0.15) is 54.4 Å². The number of benzene rings is 1. The van der Waals surface area contributed by atoms with Crippen molar-refractivity contribution in [2.24, 2.45) is 5.92 Å². The van der Waals surface area contributed by atoms with Crippen molar-refractivity contribution in [3.05, 3.63) is 29.3 Å². The molecule has 0 spiro atoms. The molecule has 0 aromatic heterocycles. The highest BCUT2D eigenvalue weighted by atomic mass is 16.2. The number of amides is 3. The molecule has 2 N–H and O–H groups in total. The minimum absolute atomic E-state index is 0.129. The smallest absolute Gasteiger partial charge is 0.255 e. The third-order valence-electron chi connectivity index (χ3n) is 6.52. The summed E-state index contributed by atoms with van der Waals surface area (Å²) in [5.41, 5.74) is 2.63. The first-order chi connectivity index (χ1) is 14.0. The van der Waals surface area contributed by atoms with Crippen LogP contribution in [-0.2, 0) is 16.1 Å². The number of piperidine rings is 1. The van der Waals surface area contributed by atoms with Crippen molar-refractivity contribution < 1.29 is 19.0 Å². The lowest BCUT2D eigenvalue weighted by Gasteiger charge is -2.29. The highest BCUT2D eigenvalue weighted by Crippen LogP contribution is 2.30. The van der Waals surface area contributed by atoms with E-state index >= 15 is 0 Å². The summed E-state index contributed by atoms with van der Waals surface area (Å²) in [7, 11) is 4.08. The predicted molar refractivity (Wildman–Crippen MR) is 109 cm³/mol. The third kappa shape index (κ3) is 3.83. The first kappa shape index (κ1) is 19.8. The van der Waals surface area contributed by atoms with Crippen LogP contribution in [0.2, 0.25) is 0 Å². The fourth-order valence-electron chi connectivity index (χ4n) is 4.85. The van der Waals surface area contributed by atoms with Gasteiger partial charge in [-0.15, -0.1) is 0 Å². The van der Waals surface area contributed by atoms with E-state index in [4.69, 9.17) is 0 Å². The van der Waals surface area contributed by atoms with E-state index in [1.54, 1.807) is 4.90 Å². The van der Waals surface area contributed by atoms with Gasteiger partial charge in [-0.2, -0.15) is 0 Å².